The molecule has 30 heavy (non-hydrogen) atoms. The number of nitrogens with zero attached hydrogens (tertiary/aromatic N) is 3. The van der Waals surface area contributed by atoms with Crippen LogP contribution in [0.25, 0.3) is 0 Å². The minimum Gasteiger partial charge on any atom is -0.446 e. The molecule has 0 aromatic carbocycles. The summed E-state index contributed by atoms with van der Waals surface area (Å²) in [6.45, 7) is 1.14. The van der Waals surface area contributed by atoms with Gasteiger partial charge in [0.25, 0.3) is 0 Å². The van der Waals surface area contributed by atoms with Crippen molar-refractivity contribution in [2.45, 2.75) is 50.7 Å². The Morgan fingerprint density at radius 3 is 2.77 bits per heavy atom. The number of nitrogens with one attached hydrogen (secondary N) is 1. The first-order valence-corrected chi connectivity index (χ1v) is 10.8. The van der Waals surface area contributed by atoms with E-state index in [9.17, 15) is 14.9 Å². The Balaban J connectivity index is 1.20. The average Bonchev–Trinajstić information content (AvgIpc) is 3.19. The zero-order valence-corrected chi connectivity index (χ0v) is 16.9. The van der Waals surface area contributed by atoms with Crippen molar-refractivity contribution >= 4 is 17.8 Å². The normalized spacial score (nSPS) is 36.4. The Hall–Kier alpha value is -2.82. The van der Waals surface area contributed by atoms with E-state index < -0.39 is 0 Å². The van der Waals surface area contributed by atoms with E-state index in [0.717, 1.165) is 38.5 Å². The lowest BCUT2D eigenvalue weighted by molar-refractivity contribution is -0.161. The molecule has 1 aromatic heterocycles. The number of rotatable bonds is 4. The summed E-state index contributed by atoms with van der Waals surface area (Å²) in [4.78, 5) is 31.0. The first-order chi connectivity index (χ1) is 14.5. The predicted octanol–water partition coefficient (Wildman–Crippen LogP) is 2.26. The number of pyridine rings is 1. The van der Waals surface area contributed by atoms with Crippen molar-refractivity contribution in [1.29, 1.82) is 5.26 Å². The van der Waals surface area contributed by atoms with Crippen LogP contribution >= 0.6 is 0 Å². The van der Waals surface area contributed by atoms with E-state index in [1.54, 1.807) is 23.2 Å². The minimum atomic E-state index is -0.372. The van der Waals surface area contributed by atoms with Gasteiger partial charge in [-0.2, -0.15) is 5.26 Å². The Morgan fingerprint density at radius 1 is 1.30 bits per heavy atom. The number of anilines is 1. The van der Waals surface area contributed by atoms with E-state index in [2.05, 4.69) is 16.4 Å². The maximum absolute atomic E-state index is 12.9. The van der Waals surface area contributed by atoms with Crippen LogP contribution < -0.4 is 11.1 Å². The van der Waals surface area contributed by atoms with Crippen LogP contribution in [-0.2, 0) is 9.53 Å². The largest absolute Gasteiger partial charge is 0.446 e. The third kappa shape index (κ3) is 3.17. The first-order valence-electron chi connectivity index (χ1n) is 10.8. The highest BCUT2D eigenvalue weighted by Crippen LogP contribution is 2.60. The number of nitriles is 1. The van der Waals surface area contributed by atoms with Crippen molar-refractivity contribution in [3.05, 3.63) is 23.9 Å². The molecule has 1 saturated heterocycles. The van der Waals surface area contributed by atoms with Crippen molar-refractivity contribution in [2.75, 3.05) is 18.4 Å². The molecule has 8 heteroatoms. The summed E-state index contributed by atoms with van der Waals surface area (Å²) in [5.74, 6) is 1.41. The van der Waals surface area contributed by atoms with Gasteiger partial charge in [0.15, 0.2) is 0 Å². The summed E-state index contributed by atoms with van der Waals surface area (Å²) in [5, 5.41) is 12.5. The van der Waals surface area contributed by atoms with Crippen LogP contribution in [0.3, 0.4) is 0 Å². The van der Waals surface area contributed by atoms with E-state index in [4.69, 9.17) is 10.5 Å². The Labute approximate surface area is 175 Å². The summed E-state index contributed by atoms with van der Waals surface area (Å²) in [6.07, 6.45) is 6.54. The third-order valence-corrected chi connectivity index (χ3v) is 7.66. The molecule has 8 nitrogen and oxygen atoms in total. The molecule has 1 aliphatic heterocycles. The number of primary amides is 1. The Kier molecular flexibility index (Phi) is 4.57. The molecule has 4 saturated carbocycles. The highest BCUT2D eigenvalue weighted by atomic mass is 16.6. The molecule has 6 rings (SSSR count). The summed E-state index contributed by atoms with van der Waals surface area (Å²) < 4.78 is 6.02. The lowest BCUT2D eigenvalue weighted by atomic mass is 9.48. The van der Waals surface area contributed by atoms with Gasteiger partial charge in [-0.25, -0.2) is 9.78 Å². The number of hydrogen-bond donors (Lipinski definition) is 2. The highest BCUT2D eigenvalue weighted by Gasteiger charge is 2.59. The van der Waals surface area contributed by atoms with Crippen LogP contribution in [0.1, 0.15) is 44.1 Å². The summed E-state index contributed by atoms with van der Waals surface area (Å²) in [7, 11) is 0. The third-order valence-electron chi connectivity index (χ3n) is 7.66. The van der Waals surface area contributed by atoms with Crippen molar-refractivity contribution < 1.29 is 14.3 Å². The zero-order valence-electron chi connectivity index (χ0n) is 16.9. The Bertz CT molecular complexity index is 896. The minimum absolute atomic E-state index is 0.0381. The summed E-state index contributed by atoms with van der Waals surface area (Å²) in [6, 6.07) is 5.63. The van der Waals surface area contributed by atoms with Crippen molar-refractivity contribution in [3.63, 3.8) is 0 Å². The van der Waals surface area contributed by atoms with Crippen molar-refractivity contribution in [2.24, 2.45) is 28.9 Å². The first kappa shape index (κ1) is 19.2. The van der Waals surface area contributed by atoms with Crippen molar-refractivity contribution in [3.8, 4) is 6.07 Å². The molecule has 0 radical (unpaired) electrons. The van der Waals surface area contributed by atoms with E-state index in [1.807, 2.05) is 0 Å². The molecule has 2 heterocycles. The van der Waals surface area contributed by atoms with Crippen LogP contribution in [0.2, 0.25) is 0 Å². The number of carbonyl (C=O) groups excluding carboxylic acids is 2. The van der Waals surface area contributed by atoms with E-state index in [-0.39, 0.29) is 41.4 Å². The van der Waals surface area contributed by atoms with Gasteiger partial charge in [-0.05, 0) is 68.4 Å². The number of hydrogen-bond acceptors (Lipinski definition) is 6. The maximum Gasteiger partial charge on any atom is 0.410 e. The smallest absolute Gasteiger partial charge is 0.410 e. The molecule has 5 aliphatic rings. The van der Waals surface area contributed by atoms with Crippen molar-refractivity contribution in [1.82, 2.24) is 9.88 Å². The maximum atomic E-state index is 12.9. The fraction of sp³-hybridized carbons (Fsp3) is 0.636. The van der Waals surface area contributed by atoms with E-state index >= 15 is 0 Å². The van der Waals surface area contributed by atoms with E-state index in [1.165, 1.54) is 0 Å². The van der Waals surface area contributed by atoms with Gasteiger partial charge in [-0.15, -0.1) is 0 Å². The number of carbonyl (C=O) groups is 2. The van der Waals surface area contributed by atoms with Gasteiger partial charge < -0.3 is 20.7 Å². The standard InChI is InChI=1S/C22H27N5O3/c23-11-14-2-1-4-25-19(14)26-17-3-5-27(12-17)21(29)30-18-15-6-13-7-16(18)10-22(8-13,9-15)20(24)28/h1-2,4,13,15-18H,3,5-10,12H2,(H2,24,28)(H,25,26)/t13?,15-,16-,17?,18?,22?/m0/s1. The molecule has 4 aliphatic carbocycles. The van der Waals surface area contributed by atoms with Crippen LogP contribution in [0, 0.1) is 34.5 Å². The number of likely N-dealkylation sites (tertiary alicyclic amines) is 1. The second-order valence-corrected chi connectivity index (χ2v) is 9.55. The van der Waals surface area contributed by atoms with Gasteiger partial charge >= 0.3 is 6.09 Å². The lowest BCUT2D eigenvalue weighted by Gasteiger charge is -2.58. The Morgan fingerprint density at radius 2 is 2.07 bits per heavy atom. The van der Waals surface area contributed by atoms with Gasteiger partial charge in [0.2, 0.25) is 5.91 Å². The van der Waals surface area contributed by atoms with Crippen LogP contribution in [-0.4, -0.2) is 47.1 Å². The predicted molar refractivity (Wildman–Crippen MR) is 108 cm³/mol. The molecule has 3 atom stereocenters. The van der Waals surface area contributed by atoms with Gasteiger partial charge in [0.05, 0.1) is 11.0 Å². The number of nitrogens with two attached hydrogens (primary N) is 1. The van der Waals surface area contributed by atoms with Crippen LogP contribution in [0.15, 0.2) is 18.3 Å². The molecule has 4 bridgehead atoms. The zero-order chi connectivity index (χ0) is 20.9. The molecular weight excluding hydrogens is 382 g/mol. The molecule has 3 N–H and O–H groups in total. The number of aromatic nitrogens is 1. The topological polar surface area (TPSA) is 121 Å². The van der Waals surface area contributed by atoms with Gasteiger partial charge in [-0.3, -0.25) is 4.79 Å². The molecule has 1 aromatic rings. The monoisotopic (exact) mass is 409 g/mol. The van der Waals surface area contributed by atoms with E-state index in [0.29, 0.717) is 30.4 Å². The lowest BCUT2D eigenvalue weighted by Crippen LogP contribution is -2.59. The van der Waals surface area contributed by atoms with Gasteiger partial charge in [0, 0.05) is 25.3 Å². The molecule has 1 unspecified atom stereocenters. The number of amides is 2. The van der Waals surface area contributed by atoms with Crippen LogP contribution in [0.5, 0.6) is 0 Å². The second kappa shape index (κ2) is 7.15. The quantitative estimate of drug-likeness (QED) is 0.787. The second-order valence-electron chi connectivity index (χ2n) is 9.55. The molecule has 2 amide bonds. The summed E-state index contributed by atoms with van der Waals surface area (Å²) >= 11 is 0. The molecule has 5 fully saturated rings. The SMILES string of the molecule is N#Cc1cccnc1NC1CCN(C(=O)OC2[C@H]3CC4C[C@H]2CC(C(N)=O)(C4)C3)C1. The molecule has 158 valence electrons. The number of ether oxygens (including phenoxy) is 1. The fourth-order valence-electron chi connectivity index (χ4n) is 6.51. The average molecular weight is 409 g/mol. The molecular formula is C22H27N5O3. The van der Waals surface area contributed by atoms with Gasteiger partial charge in [0.1, 0.15) is 18.0 Å². The fourth-order valence-corrected chi connectivity index (χ4v) is 6.51. The van der Waals surface area contributed by atoms with Crippen LogP contribution in [0.4, 0.5) is 10.6 Å². The van der Waals surface area contributed by atoms with Gasteiger partial charge in [-0.1, -0.05) is 0 Å². The summed E-state index contributed by atoms with van der Waals surface area (Å²) in [5.41, 5.74) is 5.87. The highest BCUT2D eigenvalue weighted by molar-refractivity contribution is 5.81. The molecule has 0 spiro atoms.